The molecular formula is C18H20ClNO4S. The highest BCUT2D eigenvalue weighted by Crippen LogP contribution is 2.30. The molecule has 0 spiro atoms. The highest BCUT2D eigenvalue weighted by atomic mass is 35.5. The van der Waals surface area contributed by atoms with Crippen molar-refractivity contribution in [3.05, 3.63) is 33.7 Å². The molecule has 1 heterocycles. The van der Waals surface area contributed by atoms with E-state index in [1.165, 1.54) is 19.3 Å². The molecule has 3 rings (SSSR count). The van der Waals surface area contributed by atoms with Crippen molar-refractivity contribution in [3.63, 3.8) is 0 Å². The number of ether oxygens (including phenoxy) is 2. The summed E-state index contributed by atoms with van der Waals surface area (Å²) in [7, 11) is 0. The Hall–Kier alpha value is -1.50. The number of nitrogens with one attached hydrogen (secondary N) is 1. The second kappa shape index (κ2) is 8.74. The summed E-state index contributed by atoms with van der Waals surface area (Å²) in [6, 6.07) is 5.26. The van der Waals surface area contributed by atoms with E-state index in [9.17, 15) is 9.59 Å². The third-order valence-corrected chi connectivity index (χ3v) is 5.30. The molecular weight excluding hydrogens is 362 g/mol. The molecule has 2 aliphatic rings. The molecule has 2 fully saturated rings. The van der Waals surface area contributed by atoms with Crippen molar-refractivity contribution in [3.8, 4) is 5.75 Å². The minimum Gasteiger partial charge on any atom is -0.491 e. The van der Waals surface area contributed by atoms with Crippen molar-refractivity contribution < 1.29 is 19.1 Å². The first kappa shape index (κ1) is 18.3. The van der Waals surface area contributed by atoms with E-state index in [4.69, 9.17) is 21.1 Å². The number of thioether (sulfide) groups is 1. The zero-order chi connectivity index (χ0) is 17.6. The lowest BCUT2D eigenvalue weighted by Crippen LogP contribution is -2.19. The number of carbonyl (C=O) groups excluding carboxylic acids is 2. The summed E-state index contributed by atoms with van der Waals surface area (Å²) in [5.74, 6) is 0.255. The fourth-order valence-electron chi connectivity index (χ4n) is 2.88. The molecule has 134 valence electrons. The van der Waals surface area contributed by atoms with E-state index in [0.29, 0.717) is 40.6 Å². The van der Waals surface area contributed by atoms with Crippen molar-refractivity contribution >= 4 is 40.6 Å². The van der Waals surface area contributed by atoms with Gasteiger partial charge < -0.3 is 9.47 Å². The first-order chi connectivity index (χ1) is 12.1. The number of hydrogen-bond acceptors (Lipinski definition) is 5. The molecule has 7 heteroatoms. The lowest BCUT2D eigenvalue weighted by Gasteiger charge is -2.21. The van der Waals surface area contributed by atoms with Gasteiger partial charge in [-0.15, -0.1) is 0 Å². The number of imide groups is 1. The molecule has 1 N–H and O–H groups in total. The van der Waals surface area contributed by atoms with Crippen LogP contribution in [-0.4, -0.2) is 30.5 Å². The number of amides is 2. The number of benzene rings is 1. The second-order valence-corrected chi connectivity index (χ2v) is 7.44. The van der Waals surface area contributed by atoms with Crippen LogP contribution in [-0.2, 0) is 9.53 Å². The highest BCUT2D eigenvalue weighted by Gasteiger charge is 2.25. The zero-order valence-electron chi connectivity index (χ0n) is 13.8. The summed E-state index contributed by atoms with van der Waals surface area (Å²) in [5.41, 5.74) is 0.667. The summed E-state index contributed by atoms with van der Waals surface area (Å²) in [6.45, 7) is 1.03. The minimum atomic E-state index is -0.397. The van der Waals surface area contributed by atoms with Crippen molar-refractivity contribution in [2.45, 2.75) is 38.2 Å². The molecule has 5 nitrogen and oxygen atoms in total. The molecule has 1 aromatic rings. The van der Waals surface area contributed by atoms with Crippen molar-refractivity contribution in [2.75, 3.05) is 13.2 Å². The minimum absolute atomic E-state index is 0.335. The third kappa shape index (κ3) is 5.23. The number of hydrogen-bond donors (Lipinski definition) is 1. The molecule has 25 heavy (non-hydrogen) atoms. The van der Waals surface area contributed by atoms with Crippen LogP contribution in [0.1, 0.15) is 37.7 Å². The topological polar surface area (TPSA) is 64.6 Å². The average Bonchev–Trinajstić information content (AvgIpc) is 2.92. The normalized spacial score (nSPS) is 20.1. The van der Waals surface area contributed by atoms with Gasteiger partial charge in [0.15, 0.2) is 0 Å². The maximum atomic E-state index is 11.6. The maximum Gasteiger partial charge on any atom is 0.290 e. The van der Waals surface area contributed by atoms with Gasteiger partial charge in [0.2, 0.25) is 0 Å². The lowest BCUT2D eigenvalue weighted by molar-refractivity contribution is -0.115. The van der Waals surface area contributed by atoms with Gasteiger partial charge in [-0.05, 0) is 54.4 Å². The van der Waals surface area contributed by atoms with Gasteiger partial charge in [-0.2, -0.15) is 0 Å². The molecule has 1 aliphatic heterocycles. The Bertz CT molecular complexity index is 686. The van der Waals surface area contributed by atoms with Gasteiger partial charge in [0.25, 0.3) is 11.1 Å². The van der Waals surface area contributed by atoms with Gasteiger partial charge in [-0.3, -0.25) is 14.9 Å². The van der Waals surface area contributed by atoms with Crippen LogP contribution in [0.3, 0.4) is 0 Å². The van der Waals surface area contributed by atoms with Crippen molar-refractivity contribution in [2.24, 2.45) is 0 Å². The maximum absolute atomic E-state index is 11.6. The van der Waals surface area contributed by atoms with E-state index in [2.05, 4.69) is 5.32 Å². The molecule has 0 radical (unpaired) electrons. The Balaban J connectivity index is 1.50. The van der Waals surface area contributed by atoms with Crippen LogP contribution in [0.25, 0.3) is 6.08 Å². The number of rotatable bonds is 6. The molecule has 0 bridgehead atoms. The van der Waals surface area contributed by atoms with E-state index in [-0.39, 0.29) is 5.24 Å². The van der Waals surface area contributed by atoms with Gasteiger partial charge in [0, 0.05) is 0 Å². The largest absolute Gasteiger partial charge is 0.491 e. The summed E-state index contributed by atoms with van der Waals surface area (Å²) in [4.78, 5) is 23.1. The Morgan fingerprint density at radius 2 is 2.00 bits per heavy atom. The second-order valence-electron chi connectivity index (χ2n) is 6.01. The van der Waals surface area contributed by atoms with Gasteiger partial charge in [0.05, 0.1) is 22.6 Å². The van der Waals surface area contributed by atoms with Crippen LogP contribution < -0.4 is 10.1 Å². The van der Waals surface area contributed by atoms with E-state index in [1.807, 2.05) is 0 Å². The number of carbonyl (C=O) groups is 2. The Kier molecular flexibility index (Phi) is 6.39. The molecule has 0 atom stereocenters. The number of halogens is 1. The smallest absolute Gasteiger partial charge is 0.290 e. The van der Waals surface area contributed by atoms with Crippen LogP contribution in [0.15, 0.2) is 23.1 Å². The summed E-state index contributed by atoms with van der Waals surface area (Å²) < 4.78 is 11.5. The third-order valence-electron chi connectivity index (χ3n) is 4.16. The van der Waals surface area contributed by atoms with Gasteiger partial charge >= 0.3 is 0 Å². The van der Waals surface area contributed by atoms with Gasteiger partial charge in [0.1, 0.15) is 12.4 Å². The summed E-state index contributed by atoms with van der Waals surface area (Å²) in [5, 5.41) is 2.31. The fraction of sp³-hybridized carbons (Fsp3) is 0.444. The summed E-state index contributed by atoms with van der Waals surface area (Å²) >= 11 is 7.11. The van der Waals surface area contributed by atoms with Crippen molar-refractivity contribution in [1.29, 1.82) is 0 Å². The monoisotopic (exact) mass is 381 g/mol. The Morgan fingerprint density at radius 1 is 1.20 bits per heavy atom. The van der Waals surface area contributed by atoms with E-state index in [1.54, 1.807) is 24.3 Å². The molecule has 1 saturated heterocycles. The van der Waals surface area contributed by atoms with Crippen LogP contribution in [0.5, 0.6) is 5.75 Å². The average molecular weight is 382 g/mol. The predicted octanol–water partition coefficient (Wildman–Crippen LogP) is 4.39. The molecule has 1 saturated carbocycles. The first-order valence-electron chi connectivity index (χ1n) is 8.40. The first-order valence-corrected chi connectivity index (χ1v) is 9.60. The quantitative estimate of drug-likeness (QED) is 0.584. The van der Waals surface area contributed by atoms with Crippen LogP contribution in [0, 0.1) is 0 Å². The zero-order valence-corrected chi connectivity index (χ0v) is 15.3. The standard InChI is InChI=1S/C18H20ClNO4S/c19-15-11-14(24-9-8-23-13-4-2-1-3-5-13)7-6-12(15)10-16-17(21)20-18(22)25-16/h6-7,10-11,13H,1-5,8-9H2,(H,20,21,22)/b16-10-. The Morgan fingerprint density at radius 3 is 2.68 bits per heavy atom. The van der Waals surface area contributed by atoms with E-state index < -0.39 is 5.91 Å². The van der Waals surface area contributed by atoms with Crippen molar-refractivity contribution in [1.82, 2.24) is 5.32 Å². The van der Waals surface area contributed by atoms with Gasteiger partial charge in [-0.25, -0.2) is 0 Å². The molecule has 1 aliphatic carbocycles. The molecule has 1 aromatic carbocycles. The molecule has 2 amide bonds. The van der Waals surface area contributed by atoms with Gasteiger partial charge in [-0.1, -0.05) is 30.9 Å². The van der Waals surface area contributed by atoms with E-state index >= 15 is 0 Å². The summed E-state index contributed by atoms with van der Waals surface area (Å²) in [6.07, 6.45) is 8.06. The van der Waals surface area contributed by atoms with Crippen LogP contribution in [0.4, 0.5) is 4.79 Å². The van der Waals surface area contributed by atoms with Crippen LogP contribution in [0.2, 0.25) is 5.02 Å². The van der Waals surface area contributed by atoms with E-state index in [0.717, 1.165) is 24.6 Å². The van der Waals surface area contributed by atoms with Crippen LogP contribution >= 0.6 is 23.4 Å². The molecule has 0 aromatic heterocycles. The molecule has 0 unspecified atom stereocenters. The Labute approximate surface area is 156 Å². The SMILES string of the molecule is O=C1NC(=O)/C(=C/c2ccc(OCCOC3CCCCC3)cc2Cl)S1. The lowest BCUT2D eigenvalue weighted by atomic mass is 9.98. The fourth-order valence-corrected chi connectivity index (χ4v) is 3.78. The predicted molar refractivity (Wildman–Crippen MR) is 98.9 cm³/mol. The highest BCUT2D eigenvalue weighted by molar-refractivity contribution is 8.18.